The summed E-state index contributed by atoms with van der Waals surface area (Å²) < 4.78 is 5.36. The van der Waals surface area contributed by atoms with Crippen molar-refractivity contribution in [3.05, 3.63) is 27.9 Å². The first-order chi connectivity index (χ1) is 8.95. The van der Waals surface area contributed by atoms with Gasteiger partial charge in [-0.1, -0.05) is 19.0 Å². The summed E-state index contributed by atoms with van der Waals surface area (Å²) in [5, 5.41) is 22.1. The first-order valence-corrected chi connectivity index (χ1v) is 5.71. The van der Waals surface area contributed by atoms with Crippen molar-refractivity contribution in [2.24, 2.45) is 16.8 Å². The van der Waals surface area contributed by atoms with Gasteiger partial charge < -0.3 is 15.7 Å². The molecule has 104 valence electrons. The molecule has 0 aliphatic carbocycles. The van der Waals surface area contributed by atoms with Gasteiger partial charge in [-0.3, -0.25) is 10.1 Å². The van der Waals surface area contributed by atoms with E-state index in [0.29, 0.717) is 12.5 Å². The van der Waals surface area contributed by atoms with Gasteiger partial charge in [-0.05, 0) is 12.3 Å². The van der Waals surface area contributed by atoms with Gasteiger partial charge in [0.25, 0.3) is 5.69 Å². The highest BCUT2D eigenvalue weighted by molar-refractivity contribution is 5.98. The van der Waals surface area contributed by atoms with Crippen molar-refractivity contribution in [1.29, 1.82) is 0 Å². The van der Waals surface area contributed by atoms with Crippen LogP contribution >= 0.6 is 0 Å². The highest BCUT2D eigenvalue weighted by Crippen LogP contribution is 2.20. The number of rotatable bonds is 6. The fraction of sp³-hybridized carbons (Fsp3) is 0.455. The molecule has 1 aromatic rings. The molecule has 3 N–H and O–H groups in total. The lowest BCUT2D eigenvalue weighted by Crippen LogP contribution is -2.17. The summed E-state index contributed by atoms with van der Waals surface area (Å²) in [5.74, 6) is 0.246. The molecule has 8 heteroatoms. The van der Waals surface area contributed by atoms with Gasteiger partial charge in [-0.2, -0.15) is 0 Å². The highest BCUT2D eigenvalue weighted by Gasteiger charge is 2.20. The predicted molar refractivity (Wildman–Crippen MR) is 68.4 cm³/mol. The van der Waals surface area contributed by atoms with Crippen LogP contribution in [0.4, 0.5) is 5.69 Å². The molecule has 1 aromatic heterocycles. The Hall–Kier alpha value is -2.38. The van der Waals surface area contributed by atoms with Crippen molar-refractivity contribution in [1.82, 2.24) is 4.98 Å². The smallest absolute Gasteiger partial charge is 0.299 e. The zero-order valence-electron chi connectivity index (χ0n) is 10.7. The van der Waals surface area contributed by atoms with Gasteiger partial charge in [-0.15, -0.1) is 0 Å². The van der Waals surface area contributed by atoms with Gasteiger partial charge in [0.15, 0.2) is 11.5 Å². The number of nitrogens with zero attached hydrogens (tertiary/aromatic N) is 3. The summed E-state index contributed by atoms with van der Waals surface area (Å²) in [5.41, 5.74) is 4.80. The first kappa shape index (κ1) is 14.7. The summed E-state index contributed by atoms with van der Waals surface area (Å²) in [7, 11) is 0. The van der Waals surface area contributed by atoms with Crippen LogP contribution in [-0.4, -0.2) is 27.6 Å². The minimum Gasteiger partial charge on any atom is -0.478 e. The van der Waals surface area contributed by atoms with Crippen molar-refractivity contribution in [3.8, 4) is 5.88 Å². The average Bonchev–Trinajstić information content (AvgIpc) is 2.37. The Morgan fingerprint density at radius 3 is 2.84 bits per heavy atom. The van der Waals surface area contributed by atoms with Crippen LogP contribution in [0.25, 0.3) is 0 Å². The second kappa shape index (κ2) is 6.53. The lowest BCUT2D eigenvalue weighted by Gasteiger charge is -2.08. The molecule has 0 aliphatic rings. The summed E-state index contributed by atoms with van der Waals surface area (Å²) in [6.07, 6.45) is 0.831. The normalized spacial score (nSPS) is 11.6. The fourth-order valence-corrected chi connectivity index (χ4v) is 1.30. The molecule has 0 atom stereocenters. The summed E-state index contributed by atoms with van der Waals surface area (Å²) >= 11 is 0. The molecule has 0 saturated heterocycles. The monoisotopic (exact) mass is 268 g/mol. The number of hydrogen-bond donors (Lipinski definition) is 2. The number of nitrogens with two attached hydrogens (primary N) is 1. The number of nitro groups is 1. The molecule has 0 aliphatic heterocycles. The van der Waals surface area contributed by atoms with E-state index in [1.165, 1.54) is 12.1 Å². The van der Waals surface area contributed by atoms with Gasteiger partial charge in [0.1, 0.15) is 0 Å². The molecule has 0 aromatic carbocycles. The van der Waals surface area contributed by atoms with Gasteiger partial charge in [0.2, 0.25) is 5.88 Å². The van der Waals surface area contributed by atoms with Crippen LogP contribution in [0, 0.1) is 16.0 Å². The Balaban J connectivity index is 2.95. The van der Waals surface area contributed by atoms with Crippen LogP contribution < -0.4 is 10.5 Å². The third kappa shape index (κ3) is 4.09. The van der Waals surface area contributed by atoms with Crippen LogP contribution in [-0.2, 0) is 0 Å². The number of aromatic nitrogens is 1. The van der Waals surface area contributed by atoms with Crippen molar-refractivity contribution in [2.75, 3.05) is 6.61 Å². The van der Waals surface area contributed by atoms with E-state index in [-0.39, 0.29) is 17.3 Å². The van der Waals surface area contributed by atoms with E-state index in [2.05, 4.69) is 24.0 Å². The standard InChI is InChI=1S/C11H16N4O4/c1-7(2)5-6-19-9-4-3-8(15(17)18)10(13-9)11(12)14-16/h3-4,7,16H,5-6H2,1-2H3,(H2,12,14). The number of oxime groups is 1. The summed E-state index contributed by atoms with van der Waals surface area (Å²) in [6.45, 7) is 4.54. The number of amidine groups is 1. The second-order valence-electron chi connectivity index (χ2n) is 4.29. The van der Waals surface area contributed by atoms with Crippen LogP contribution in [0.3, 0.4) is 0 Å². The van der Waals surface area contributed by atoms with Crippen molar-refractivity contribution in [3.63, 3.8) is 0 Å². The molecular formula is C11H16N4O4. The zero-order chi connectivity index (χ0) is 14.4. The minimum absolute atomic E-state index is 0.202. The highest BCUT2D eigenvalue weighted by atomic mass is 16.6. The number of hydrogen-bond acceptors (Lipinski definition) is 6. The summed E-state index contributed by atoms with van der Waals surface area (Å²) in [4.78, 5) is 14.0. The molecule has 19 heavy (non-hydrogen) atoms. The molecule has 1 heterocycles. The summed E-state index contributed by atoms with van der Waals surface area (Å²) in [6, 6.07) is 2.59. The Morgan fingerprint density at radius 2 is 2.32 bits per heavy atom. The predicted octanol–water partition coefficient (Wildman–Crippen LogP) is 1.51. The van der Waals surface area contributed by atoms with E-state index in [4.69, 9.17) is 15.7 Å². The maximum absolute atomic E-state index is 10.8. The van der Waals surface area contributed by atoms with Crippen molar-refractivity contribution >= 4 is 11.5 Å². The quantitative estimate of drug-likeness (QED) is 0.265. The SMILES string of the molecule is CC(C)CCOc1ccc([N+](=O)[O-])c(/C(N)=N/O)n1. The Bertz CT molecular complexity index is 488. The van der Waals surface area contributed by atoms with E-state index in [1.54, 1.807) is 0 Å². The third-order valence-corrected chi connectivity index (χ3v) is 2.34. The molecule has 1 rings (SSSR count). The lowest BCUT2D eigenvalue weighted by molar-refractivity contribution is -0.385. The molecule has 0 radical (unpaired) electrons. The molecule has 0 unspecified atom stereocenters. The van der Waals surface area contributed by atoms with E-state index >= 15 is 0 Å². The number of pyridine rings is 1. The third-order valence-electron chi connectivity index (χ3n) is 2.34. The van der Waals surface area contributed by atoms with Gasteiger partial charge in [0, 0.05) is 12.1 Å². The largest absolute Gasteiger partial charge is 0.478 e. The van der Waals surface area contributed by atoms with Crippen LogP contribution in [0.15, 0.2) is 17.3 Å². The maximum Gasteiger partial charge on any atom is 0.299 e. The molecule has 0 fully saturated rings. The second-order valence-corrected chi connectivity index (χ2v) is 4.29. The molecule has 0 spiro atoms. The maximum atomic E-state index is 10.8. The molecule has 8 nitrogen and oxygen atoms in total. The van der Waals surface area contributed by atoms with Crippen LogP contribution in [0.1, 0.15) is 26.0 Å². The van der Waals surface area contributed by atoms with Gasteiger partial charge >= 0.3 is 0 Å². The Morgan fingerprint density at radius 1 is 1.63 bits per heavy atom. The van der Waals surface area contributed by atoms with E-state index in [9.17, 15) is 10.1 Å². The molecule has 0 bridgehead atoms. The Labute approximate surface area is 110 Å². The zero-order valence-corrected chi connectivity index (χ0v) is 10.7. The minimum atomic E-state index is -0.654. The van der Waals surface area contributed by atoms with Gasteiger partial charge in [-0.25, -0.2) is 4.98 Å². The molecule has 0 amide bonds. The van der Waals surface area contributed by atoms with E-state index in [1.807, 2.05) is 0 Å². The first-order valence-electron chi connectivity index (χ1n) is 5.71. The van der Waals surface area contributed by atoms with E-state index < -0.39 is 10.8 Å². The average molecular weight is 268 g/mol. The van der Waals surface area contributed by atoms with Crippen LogP contribution in [0.2, 0.25) is 0 Å². The number of ether oxygens (including phenoxy) is 1. The van der Waals surface area contributed by atoms with E-state index in [0.717, 1.165) is 6.42 Å². The van der Waals surface area contributed by atoms with Gasteiger partial charge in [0.05, 0.1) is 11.5 Å². The topological polar surface area (TPSA) is 124 Å². The lowest BCUT2D eigenvalue weighted by atomic mass is 10.1. The van der Waals surface area contributed by atoms with Crippen molar-refractivity contribution in [2.45, 2.75) is 20.3 Å². The fourth-order valence-electron chi connectivity index (χ4n) is 1.30. The molecular weight excluding hydrogens is 252 g/mol. The van der Waals surface area contributed by atoms with Crippen LogP contribution in [0.5, 0.6) is 5.88 Å². The Kier molecular flexibility index (Phi) is 5.04. The molecule has 0 saturated carbocycles. The van der Waals surface area contributed by atoms with Crippen molar-refractivity contribution < 1.29 is 14.9 Å².